The van der Waals surface area contributed by atoms with Crippen molar-refractivity contribution in [2.45, 2.75) is 12.8 Å². The van der Waals surface area contributed by atoms with E-state index >= 15 is 0 Å². The third kappa shape index (κ3) is 3.15. The smallest absolute Gasteiger partial charge is 0.00728 e. The second-order valence-electron chi connectivity index (χ2n) is 4.13. The van der Waals surface area contributed by atoms with Gasteiger partial charge in [0.2, 0.25) is 0 Å². The molecule has 0 spiro atoms. The summed E-state index contributed by atoms with van der Waals surface area (Å²) in [6.45, 7) is 6.48. The summed E-state index contributed by atoms with van der Waals surface area (Å²) in [6, 6.07) is 0. The molecule has 0 aliphatic carbocycles. The molecule has 2 fully saturated rings. The molecule has 2 nitrogen and oxygen atoms in total. The molecule has 2 heterocycles. The van der Waals surface area contributed by atoms with Crippen LogP contribution in [0.2, 0.25) is 0 Å². The van der Waals surface area contributed by atoms with Gasteiger partial charge in [-0.2, -0.15) is 11.8 Å². The van der Waals surface area contributed by atoms with Gasteiger partial charge in [-0.25, -0.2) is 0 Å². The molecule has 2 aliphatic heterocycles. The SMILES string of the molecule is C1CNC[C@H](CN2CCSCC2)C1. The molecule has 0 aromatic rings. The number of nitrogens with one attached hydrogen (secondary N) is 1. The zero-order chi connectivity index (χ0) is 8.93. The van der Waals surface area contributed by atoms with E-state index < -0.39 is 0 Å². The topological polar surface area (TPSA) is 15.3 Å². The van der Waals surface area contributed by atoms with Crippen LogP contribution < -0.4 is 5.32 Å². The predicted molar refractivity (Wildman–Crippen MR) is 59.4 cm³/mol. The van der Waals surface area contributed by atoms with E-state index in [1.165, 1.54) is 57.1 Å². The minimum atomic E-state index is 0.928. The Morgan fingerprint density at radius 3 is 2.85 bits per heavy atom. The van der Waals surface area contributed by atoms with Crippen LogP contribution in [-0.4, -0.2) is 49.1 Å². The molecule has 13 heavy (non-hydrogen) atoms. The molecule has 0 amide bonds. The van der Waals surface area contributed by atoms with Gasteiger partial charge < -0.3 is 10.2 Å². The molecule has 1 atom stereocenters. The highest BCUT2D eigenvalue weighted by Crippen LogP contribution is 2.15. The second kappa shape index (κ2) is 5.23. The quantitative estimate of drug-likeness (QED) is 0.717. The predicted octanol–water partition coefficient (Wildman–Crippen LogP) is 1.03. The van der Waals surface area contributed by atoms with E-state index in [9.17, 15) is 0 Å². The summed E-state index contributed by atoms with van der Waals surface area (Å²) in [5.74, 6) is 3.62. The average molecular weight is 200 g/mol. The molecule has 0 unspecified atom stereocenters. The molecule has 2 rings (SSSR count). The Bertz CT molecular complexity index is 124. The molecule has 0 bridgehead atoms. The summed E-state index contributed by atoms with van der Waals surface area (Å²) in [5.41, 5.74) is 0. The van der Waals surface area contributed by atoms with Crippen molar-refractivity contribution in [2.24, 2.45) is 5.92 Å². The summed E-state index contributed by atoms with van der Waals surface area (Å²) >= 11 is 2.10. The number of rotatable bonds is 2. The van der Waals surface area contributed by atoms with Crippen LogP contribution >= 0.6 is 11.8 Å². The van der Waals surface area contributed by atoms with Crippen LogP contribution in [0.5, 0.6) is 0 Å². The standard InChI is InChI=1S/C10H20N2S/c1-2-10(8-11-3-1)9-12-4-6-13-7-5-12/h10-11H,1-9H2/t10-/m1/s1. The Kier molecular flexibility index (Phi) is 3.94. The Balaban J connectivity index is 1.69. The van der Waals surface area contributed by atoms with Gasteiger partial charge in [0.05, 0.1) is 0 Å². The maximum Gasteiger partial charge on any atom is 0.00728 e. The molecule has 0 aromatic carbocycles. The van der Waals surface area contributed by atoms with Crippen LogP contribution in [0, 0.1) is 5.92 Å². The normalized spacial score (nSPS) is 31.8. The highest BCUT2D eigenvalue weighted by molar-refractivity contribution is 7.99. The van der Waals surface area contributed by atoms with Crippen LogP contribution in [0.4, 0.5) is 0 Å². The van der Waals surface area contributed by atoms with Crippen LogP contribution in [0.25, 0.3) is 0 Å². The molecule has 0 radical (unpaired) electrons. The number of hydrogen-bond acceptors (Lipinski definition) is 3. The van der Waals surface area contributed by atoms with Gasteiger partial charge in [0.15, 0.2) is 0 Å². The van der Waals surface area contributed by atoms with Crippen molar-refractivity contribution in [3.63, 3.8) is 0 Å². The van der Waals surface area contributed by atoms with Crippen LogP contribution in [0.3, 0.4) is 0 Å². The summed E-state index contributed by atoms with van der Waals surface area (Å²) < 4.78 is 0. The first-order valence-corrected chi connectivity index (χ1v) is 6.61. The fraction of sp³-hybridized carbons (Fsp3) is 1.00. The molecule has 76 valence electrons. The van der Waals surface area contributed by atoms with Gasteiger partial charge in [-0.1, -0.05) is 0 Å². The number of hydrogen-bond donors (Lipinski definition) is 1. The van der Waals surface area contributed by atoms with E-state index in [1.54, 1.807) is 0 Å². The third-order valence-corrected chi connectivity index (χ3v) is 3.96. The van der Waals surface area contributed by atoms with Gasteiger partial charge >= 0.3 is 0 Å². The van der Waals surface area contributed by atoms with Crippen molar-refractivity contribution in [3.8, 4) is 0 Å². The maximum atomic E-state index is 3.49. The summed E-state index contributed by atoms with van der Waals surface area (Å²) in [4.78, 5) is 2.65. The van der Waals surface area contributed by atoms with Gasteiger partial charge in [0, 0.05) is 31.1 Å². The maximum absolute atomic E-state index is 3.49. The van der Waals surface area contributed by atoms with E-state index in [0.717, 1.165) is 5.92 Å². The van der Waals surface area contributed by atoms with Crippen LogP contribution in [0.1, 0.15) is 12.8 Å². The van der Waals surface area contributed by atoms with E-state index in [0.29, 0.717) is 0 Å². The molecule has 0 aromatic heterocycles. The Labute approximate surface area is 85.4 Å². The van der Waals surface area contributed by atoms with Crippen molar-refractivity contribution >= 4 is 11.8 Å². The fourth-order valence-corrected chi connectivity index (χ4v) is 3.21. The van der Waals surface area contributed by atoms with Crippen molar-refractivity contribution in [1.82, 2.24) is 10.2 Å². The van der Waals surface area contributed by atoms with E-state index in [1.807, 2.05) is 0 Å². The second-order valence-corrected chi connectivity index (χ2v) is 5.35. The molecule has 2 aliphatic rings. The van der Waals surface area contributed by atoms with Gasteiger partial charge in [0.25, 0.3) is 0 Å². The largest absolute Gasteiger partial charge is 0.316 e. The number of thioether (sulfide) groups is 1. The Morgan fingerprint density at radius 1 is 1.31 bits per heavy atom. The first kappa shape index (κ1) is 9.81. The third-order valence-electron chi connectivity index (χ3n) is 3.02. The number of piperidine rings is 1. The average Bonchev–Trinajstić information content (AvgIpc) is 2.21. The first-order chi connectivity index (χ1) is 6.45. The summed E-state index contributed by atoms with van der Waals surface area (Å²) in [7, 11) is 0. The molecule has 3 heteroatoms. The monoisotopic (exact) mass is 200 g/mol. The highest BCUT2D eigenvalue weighted by Gasteiger charge is 2.18. The number of nitrogens with zero attached hydrogens (tertiary/aromatic N) is 1. The lowest BCUT2D eigenvalue weighted by molar-refractivity contribution is 0.224. The lowest BCUT2D eigenvalue weighted by atomic mass is 9.99. The van der Waals surface area contributed by atoms with Gasteiger partial charge in [-0.15, -0.1) is 0 Å². The summed E-state index contributed by atoms with van der Waals surface area (Å²) in [5, 5.41) is 3.49. The van der Waals surface area contributed by atoms with Crippen molar-refractivity contribution in [3.05, 3.63) is 0 Å². The van der Waals surface area contributed by atoms with Gasteiger partial charge in [0.1, 0.15) is 0 Å². The summed E-state index contributed by atoms with van der Waals surface area (Å²) in [6.07, 6.45) is 2.82. The van der Waals surface area contributed by atoms with E-state index in [2.05, 4.69) is 22.0 Å². The molecule has 2 saturated heterocycles. The minimum Gasteiger partial charge on any atom is -0.316 e. The lowest BCUT2D eigenvalue weighted by Crippen LogP contribution is -2.41. The van der Waals surface area contributed by atoms with E-state index in [-0.39, 0.29) is 0 Å². The highest BCUT2D eigenvalue weighted by atomic mass is 32.2. The zero-order valence-corrected chi connectivity index (χ0v) is 9.11. The van der Waals surface area contributed by atoms with Crippen molar-refractivity contribution < 1.29 is 0 Å². The van der Waals surface area contributed by atoms with Crippen LogP contribution in [-0.2, 0) is 0 Å². The van der Waals surface area contributed by atoms with Crippen molar-refractivity contribution in [2.75, 3.05) is 44.2 Å². The van der Waals surface area contributed by atoms with Crippen LogP contribution in [0.15, 0.2) is 0 Å². The molecular formula is C10H20N2S. The fourth-order valence-electron chi connectivity index (χ4n) is 2.23. The Hall–Kier alpha value is 0.270. The van der Waals surface area contributed by atoms with Gasteiger partial charge in [-0.3, -0.25) is 0 Å². The van der Waals surface area contributed by atoms with Gasteiger partial charge in [-0.05, 0) is 31.8 Å². The lowest BCUT2D eigenvalue weighted by Gasteiger charge is -2.32. The Morgan fingerprint density at radius 2 is 2.15 bits per heavy atom. The molecule has 0 saturated carbocycles. The van der Waals surface area contributed by atoms with E-state index in [4.69, 9.17) is 0 Å². The van der Waals surface area contributed by atoms with Crippen molar-refractivity contribution in [1.29, 1.82) is 0 Å². The first-order valence-electron chi connectivity index (χ1n) is 5.46. The zero-order valence-electron chi connectivity index (χ0n) is 8.30. The minimum absolute atomic E-state index is 0.928. The molecule has 1 N–H and O–H groups in total. The molecular weight excluding hydrogens is 180 g/mol.